The van der Waals surface area contributed by atoms with Gasteiger partial charge in [0.1, 0.15) is 17.3 Å². The van der Waals surface area contributed by atoms with Crippen molar-refractivity contribution in [2.75, 3.05) is 4.90 Å². The molecule has 0 unspecified atom stereocenters. The molecule has 0 bridgehead atoms. The van der Waals surface area contributed by atoms with E-state index < -0.39 is 11.1 Å². The minimum absolute atomic E-state index is 0. The van der Waals surface area contributed by atoms with Gasteiger partial charge in [0.25, 0.3) is 0 Å². The van der Waals surface area contributed by atoms with Gasteiger partial charge in [-0.25, -0.2) is 4.98 Å². The minimum Gasteiger partial charge on any atom is -0.508 e. The number of hydrogen-bond acceptors (Lipinski definition) is 5. The Morgan fingerprint density at radius 1 is 0.830 bits per heavy atom. The number of ether oxygens (including phenoxy) is 2. The predicted molar refractivity (Wildman–Crippen MR) is 211 cm³/mol. The normalized spacial score (nSPS) is 21.2. The molecule has 0 saturated carbocycles. The molecule has 2 atom stereocenters. The van der Waals surface area contributed by atoms with Gasteiger partial charge in [0.2, 0.25) is 0 Å². The fourth-order valence-electron chi connectivity index (χ4n) is 8.54. The topological polar surface area (TPSA) is 47.0 Å². The standard InChI is InChI=1S/C47H49N3O2.Pt/c1-29-23-34(50-40-20-19-33(44(4,5)6)26-39(40)45(7,8)38-18-14-22-48-42(38)50)27-35(24-29)51-41-28-36(30(2)25-31(41)3)43-49-46(9)21-13-16-32-15-11-12-17-37(32)47(46,10)52-43;/h11-12,14-15,17-20,22-26H,13,16,21H2,1-10H3;/q-2;+2/t46-,47+;/m1./s1. The molecule has 1 aliphatic carbocycles. The Morgan fingerprint density at radius 2 is 1.58 bits per heavy atom. The summed E-state index contributed by atoms with van der Waals surface area (Å²) < 4.78 is 13.7. The minimum atomic E-state index is -0.571. The van der Waals surface area contributed by atoms with Crippen LogP contribution in [0, 0.1) is 32.9 Å². The van der Waals surface area contributed by atoms with Gasteiger partial charge in [-0.05, 0) is 72.9 Å². The van der Waals surface area contributed by atoms with Crippen LogP contribution < -0.4 is 9.64 Å². The van der Waals surface area contributed by atoms with Crippen molar-refractivity contribution in [3.63, 3.8) is 0 Å². The first kappa shape index (κ1) is 37.1. The SMILES string of the molecule is Cc1cc(Oc2[c-]c(C3=N[C@]4(C)CCCc5ccccc5[C@]4(C)O3)c(C)cc2C)[c-]c(N2c3ccc(C(C)(C)C)cc3C(C)(C)c3cccnc32)c1.[Pt+2]. The van der Waals surface area contributed by atoms with E-state index in [4.69, 9.17) is 19.5 Å². The van der Waals surface area contributed by atoms with Crippen molar-refractivity contribution in [2.24, 2.45) is 4.99 Å². The molecule has 4 aromatic carbocycles. The fraction of sp³-hybridized carbons (Fsp3) is 0.362. The summed E-state index contributed by atoms with van der Waals surface area (Å²) in [6.45, 7) is 22.1. The largest absolute Gasteiger partial charge is 2.00 e. The van der Waals surface area contributed by atoms with Crippen molar-refractivity contribution in [1.82, 2.24) is 4.98 Å². The monoisotopic (exact) mass is 882 g/mol. The number of nitrogens with zero attached hydrogens (tertiary/aromatic N) is 3. The Balaban J connectivity index is 0.00000435. The molecule has 6 heteroatoms. The Labute approximate surface area is 330 Å². The van der Waals surface area contributed by atoms with Gasteiger partial charge in [0, 0.05) is 34.4 Å². The van der Waals surface area contributed by atoms with Crippen LogP contribution in [0.15, 0.2) is 84.0 Å². The molecule has 0 N–H and O–H groups in total. The van der Waals surface area contributed by atoms with Gasteiger partial charge in [-0.3, -0.25) is 4.99 Å². The summed E-state index contributed by atoms with van der Waals surface area (Å²) in [6.07, 6.45) is 4.93. The van der Waals surface area contributed by atoms with Gasteiger partial charge in [-0.1, -0.05) is 121 Å². The molecule has 0 saturated heterocycles. The maximum absolute atomic E-state index is 6.95. The third-order valence-electron chi connectivity index (χ3n) is 11.8. The maximum Gasteiger partial charge on any atom is 2.00 e. The second-order valence-electron chi connectivity index (χ2n) is 17.0. The van der Waals surface area contributed by atoms with Crippen LogP contribution in [0.5, 0.6) is 11.5 Å². The number of anilines is 3. The Hall–Kier alpha value is -4.21. The molecule has 1 aromatic heterocycles. The van der Waals surface area contributed by atoms with Gasteiger partial charge >= 0.3 is 21.1 Å². The smallest absolute Gasteiger partial charge is 0.508 e. The molecule has 8 rings (SSSR count). The van der Waals surface area contributed by atoms with Crippen LogP contribution in [-0.4, -0.2) is 16.4 Å². The van der Waals surface area contributed by atoms with E-state index in [1.54, 1.807) is 0 Å². The van der Waals surface area contributed by atoms with Crippen LogP contribution in [0.25, 0.3) is 0 Å². The number of fused-ring (bicyclic) bond motifs is 5. The average molecular weight is 883 g/mol. The molecule has 0 spiro atoms. The molecule has 5 aromatic rings. The average Bonchev–Trinajstić information content (AvgIpc) is 3.30. The van der Waals surface area contributed by atoms with E-state index in [1.807, 2.05) is 18.3 Å². The Kier molecular flexibility index (Phi) is 9.09. The number of hydrogen-bond donors (Lipinski definition) is 0. The Morgan fingerprint density at radius 3 is 2.36 bits per heavy atom. The number of pyridine rings is 1. The van der Waals surface area contributed by atoms with Crippen molar-refractivity contribution in [2.45, 2.75) is 110 Å². The van der Waals surface area contributed by atoms with Crippen molar-refractivity contribution >= 4 is 23.1 Å². The van der Waals surface area contributed by atoms with E-state index in [-0.39, 0.29) is 31.9 Å². The maximum atomic E-state index is 6.95. The first-order chi connectivity index (χ1) is 24.6. The first-order valence-electron chi connectivity index (χ1n) is 18.6. The summed E-state index contributed by atoms with van der Waals surface area (Å²) >= 11 is 0. The van der Waals surface area contributed by atoms with Gasteiger partial charge < -0.3 is 14.4 Å². The molecule has 3 aliphatic rings. The van der Waals surface area contributed by atoms with Gasteiger partial charge in [-0.2, -0.15) is 5.56 Å². The molecule has 0 radical (unpaired) electrons. The summed E-state index contributed by atoms with van der Waals surface area (Å²) in [4.78, 5) is 12.5. The molecular weight excluding hydrogens is 834 g/mol. The van der Waals surface area contributed by atoms with Gasteiger partial charge in [0.05, 0.1) is 5.54 Å². The Bertz CT molecular complexity index is 2280. The van der Waals surface area contributed by atoms with E-state index in [9.17, 15) is 0 Å². The summed E-state index contributed by atoms with van der Waals surface area (Å²) in [7, 11) is 0. The number of benzene rings is 4. The van der Waals surface area contributed by atoms with Crippen LogP contribution >= 0.6 is 0 Å². The van der Waals surface area contributed by atoms with Crippen molar-refractivity contribution in [3.05, 3.63) is 141 Å². The van der Waals surface area contributed by atoms with E-state index in [2.05, 4.69) is 147 Å². The molecule has 3 heterocycles. The zero-order valence-corrected chi connectivity index (χ0v) is 34.9. The molecule has 0 amide bonds. The van der Waals surface area contributed by atoms with Gasteiger partial charge in [0.15, 0.2) is 0 Å². The third-order valence-corrected chi connectivity index (χ3v) is 11.8. The van der Waals surface area contributed by atoms with Crippen LogP contribution in [-0.2, 0) is 48.7 Å². The van der Waals surface area contributed by atoms with Crippen molar-refractivity contribution in [1.29, 1.82) is 0 Å². The molecule has 274 valence electrons. The number of aliphatic imine (C=N–C) groups is 1. The van der Waals surface area contributed by atoms with E-state index >= 15 is 0 Å². The second-order valence-corrected chi connectivity index (χ2v) is 17.0. The summed E-state index contributed by atoms with van der Waals surface area (Å²) in [6, 6.07) is 33.4. The molecule has 2 aliphatic heterocycles. The van der Waals surface area contributed by atoms with E-state index in [0.717, 1.165) is 58.7 Å². The van der Waals surface area contributed by atoms with E-state index in [0.29, 0.717) is 17.4 Å². The first-order valence-corrected chi connectivity index (χ1v) is 18.6. The third kappa shape index (κ3) is 6.04. The molecule has 53 heavy (non-hydrogen) atoms. The summed E-state index contributed by atoms with van der Waals surface area (Å²) in [5.41, 5.74) is 11.1. The quantitative estimate of drug-likeness (QED) is 0.169. The summed E-state index contributed by atoms with van der Waals surface area (Å²) in [5.74, 6) is 2.79. The fourth-order valence-corrected chi connectivity index (χ4v) is 8.54. The molecule has 5 nitrogen and oxygen atoms in total. The molecule has 0 fully saturated rings. The number of rotatable bonds is 4. The number of aromatic nitrogens is 1. The predicted octanol–water partition coefficient (Wildman–Crippen LogP) is 11.6. The second kappa shape index (κ2) is 13.0. The molecular formula is C47H49N3O2Pt. The van der Waals surface area contributed by atoms with Crippen molar-refractivity contribution in [3.8, 4) is 11.5 Å². The van der Waals surface area contributed by atoms with Crippen LogP contribution in [0.3, 0.4) is 0 Å². The zero-order valence-electron chi connectivity index (χ0n) is 32.6. The van der Waals surface area contributed by atoms with Crippen LogP contribution in [0.1, 0.15) is 111 Å². The van der Waals surface area contributed by atoms with Gasteiger partial charge in [-0.15, -0.1) is 29.8 Å². The number of aryl methyl sites for hydroxylation is 4. The van der Waals surface area contributed by atoms with Crippen LogP contribution in [0.2, 0.25) is 0 Å². The van der Waals surface area contributed by atoms with Crippen molar-refractivity contribution < 1.29 is 30.5 Å². The van der Waals surface area contributed by atoms with E-state index in [1.165, 1.54) is 27.8 Å². The summed E-state index contributed by atoms with van der Waals surface area (Å²) in [5, 5.41) is 0. The zero-order chi connectivity index (χ0) is 36.8. The van der Waals surface area contributed by atoms with Crippen LogP contribution in [0.4, 0.5) is 17.2 Å².